The second kappa shape index (κ2) is 4.90. The van der Waals surface area contributed by atoms with Crippen LogP contribution in [-0.2, 0) is 4.79 Å². The monoisotopic (exact) mass is 262 g/mol. The molecular formula is C18H30O. The molecule has 0 aromatic carbocycles. The van der Waals surface area contributed by atoms with Gasteiger partial charge in [-0.15, -0.1) is 0 Å². The van der Waals surface area contributed by atoms with Gasteiger partial charge >= 0.3 is 0 Å². The highest BCUT2D eigenvalue weighted by atomic mass is 16.1. The minimum atomic E-state index is 0.242. The van der Waals surface area contributed by atoms with Gasteiger partial charge in [-0.2, -0.15) is 0 Å². The molecule has 3 aliphatic carbocycles. The van der Waals surface area contributed by atoms with E-state index in [1.54, 1.807) is 0 Å². The zero-order valence-corrected chi connectivity index (χ0v) is 13.0. The first-order valence-corrected chi connectivity index (χ1v) is 8.48. The van der Waals surface area contributed by atoms with Crippen molar-refractivity contribution < 1.29 is 4.79 Å². The summed E-state index contributed by atoms with van der Waals surface area (Å²) in [6.45, 7) is 6.98. The standard InChI is InChI=1S/C18H30O/c1-12-4-7-16(17(19)8-12)18(2,3)11-15-10-13-5-6-14(15)9-13/h12-16H,4-11H2,1-3H3. The third-order valence-corrected chi connectivity index (χ3v) is 6.50. The minimum absolute atomic E-state index is 0.242. The fraction of sp³-hybridized carbons (Fsp3) is 0.944. The van der Waals surface area contributed by atoms with Crippen LogP contribution in [-0.4, -0.2) is 5.78 Å². The quantitative estimate of drug-likeness (QED) is 0.711. The highest BCUT2D eigenvalue weighted by Gasteiger charge is 2.45. The number of carbonyl (C=O) groups is 1. The van der Waals surface area contributed by atoms with Crippen molar-refractivity contribution in [3.63, 3.8) is 0 Å². The number of hydrogen-bond donors (Lipinski definition) is 0. The van der Waals surface area contributed by atoms with Crippen LogP contribution in [0.2, 0.25) is 0 Å². The minimum Gasteiger partial charge on any atom is -0.299 e. The molecule has 0 N–H and O–H groups in total. The maximum atomic E-state index is 12.4. The molecule has 0 saturated heterocycles. The van der Waals surface area contributed by atoms with E-state index >= 15 is 0 Å². The molecular weight excluding hydrogens is 232 g/mol. The molecule has 2 bridgehead atoms. The topological polar surface area (TPSA) is 17.1 Å². The van der Waals surface area contributed by atoms with Crippen LogP contribution in [0.1, 0.15) is 72.1 Å². The Kier molecular flexibility index (Phi) is 3.52. The van der Waals surface area contributed by atoms with Gasteiger partial charge in [-0.25, -0.2) is 0 Å². The van der Waals surface area contributed by atoms with Crippen molar-refractivity contribution in [2.24, 2.45) is 35.0 Å². The van der Waals surface area contributed by atoms with Crippen molar-refractivity contribution >= 4 is 5.78 Å². The van der Waals surface area contributed by atoms with Gasteiger partial charge in [-0.3, -0.25) is 4.79 Å². The molecule has 3 rings (SSSR count). The smallest absolute Gasteiger partial charge is 0.136 e. The van der Waals surface area contributed by atoms with Crippen LogP contribution < -0.4 is 0 Å². The zero-order chi connectivity index (χ0) is 13.6. The number of ketones is 1. The van der Waals surface area contributed by atoms with Gasteiger partial charge in [-0.1, -0.05) is 27.2 Å². The molecule has 1 heteroatoms. The Balaban J connectivity index is 1.64. The van der Waals surface area contributed by atoms with Gasteiger partial charge in [0.05, 0.1) is 0 Å². The molecule has 0 aromatic rings. The zero-order valence-electron chi connectivity index (χ0n) is 13.0. The van der Waals surface area contributed by atoms with E-state index in [0.29, 0.717) is 17.6 Å². The van der Waals surface area contributed by atoms with Crippen molar-refractivity contribution in [1.82, 2.24) is 0 Å². The van der Waals surface area contributed by atoms with E-state index in [1.165, 1.54) is 38.5 Å². The number of carbonyl (C=O) groups excluding carboxylic acids is 1. The lowest BCUT2D eigenvalue weighted by Crippen LogP contribution is -2.37. The first-order chi connectivity index (χ1) is 8.95. The third kappa shape index (κ3) is 2.62. The van der Waals surface area contributed by atoms with Gasteiger partial charge in [0.2, 0.25) is 0 Å². The van der Waals surface area contributed by atoms with Crippen LogP contribution >= 0.6 is 0 Å². The summed E-state index contributed by atoms with van der Waals surface area (Å²) in [5.41, 5.74) is 0.242. The van der Waals surface area contributed by atoms with E-state index in [-0.39, 0.29) is 5.41 Å². The van der Waals surface area contributed by atoms with Gasteiger partial charge in [0, 0.05) is 12.3 Å². The summed E-state index contributed by atoms with van der Waals surface area (Å²) < 4.78 is 0. The first-order valence-electron chi connectivity index (χ1n) is 8.48. The molecule has 3 fully saturated rings. The second-order valence-corrected chi connectivity index (χ2v) is 8.53. The number of rotatable bonds is 3. The maximum absolute atomic E-state index is 12.4. The number of fused-ring (bicyclic) bond motifs is 2. The Morgan fingerprint density at radius 3 is 2.47 bits per heavy atom. The molecule has 0 amide bonds. The highest BCUT2D eigenvalue weighted by Crippen LogP contribution is 2.53. The number of hydrogen-bond acceptors (Lipinski definition) is 1. The summed E-state index contributed by atoms with van der Waals surface area (Å²) in [5.74, 6) is 4.51. The summed E-state index contributed by atoms with van der Waals surface area (Å²) in [6, 6.07) is 0. The molecule has 0 aliphatic heterocycles. The Bertz CT molecular complexity index is 357. The highest BCUT2D eigenvalue weighted by molar-refractivity contribution is 5.82. The van der Waals surface area contributed by atoms with E-state index in [1.807, 2.05) is 0 Å². The fourth-order valence-corrected chi connectivity index (χ4v) is 5.47. The Hall–Kier alpha value is -0.330. The maximum Gasteiger partial charge on any atom is 0.136 e. The van der Waals surface area contributed by atoms with Crippen LogP contribution in [0.4, 0.5) is 0 Å². The van der Waals surface area contributed by atoms with Crippen molar-refractivity contribution in [3.8, 4) is 0 Å². The SMILES string of the molecule is CC1CCC(C(C)(C)CC2CC3CCC2C3)C(=O)C1. The van der Waals surface area contributed by atoms with Crippen molar-refractivity contribution in [1.29, 1.82) is 0 Å². The predicted molar refractivity (Wildman–Crippen MR) is 78.8 cm³/mol. The Labute approximate surface area is 118 Å². The summed E-state index contributed by atoms with van der Waals surface area (Å²) in [7, 11) is 0. The summed E-state index contributed by atoms with van der Waals surface area (Å²) in [6.07, 6.45) is 10.5. The average molecular weight is 262 g/mol. The van der Waals surface area contributed by atoms with Crippen LogP contribution in [0.3, 0.4) is 0 Å². The molecule has 108 valence electrons. The molecule has 0 radical (unpaired) electrons. The molecule has 3 saturated carbocycles. The average Bonchev–Trinajstić information content (AvgIpc) is 2.89. The molecule has 0 heterocycles. The third-order valence-electron chi connectivity index (χ3n) is 6.50. The van der Waals surface area contributed by atoms with Crippen LogP contribution in [0, 0.1) is 35.0 Å². The summed E-state index contributed by atoms with van der Waals surface area (Å²) in [4.78, 5) is 12.4. The molecule has 5 unspecified atom stereocenters. The lowest BCUT2D eigenvalue weighted by atomic mass is 9.63. The van der Waals surface area contributed by atoms with Gasteiger partial charge in [0.1, 0.15) is 5.78 Å². The molecule has 1 nitrogen and oxygen atoms in total. The van der Waals surface area contributed by atoms with Crippen molar-refractivity contribution in [2.75, 3.05) is 0 Å². The van der Waals surface area contributed by atoms with E-state index < -0.39 is 0 Å². The summed E-state index contributed by atoms with van der Waals surface area (Å²) >= 11 is 0. The first kappa shape index (κ1) is 13.6. The molecule has 19 heavy (non-hydrogen) atoms. The molecule has 5 atom stereocenters. The lowest BCUT2D eigenvalue weighted by Gasteiger charge is -2.40. The summed E-state index contributed by atoms with van der Waals surface area (Å²) in [5, 5.41) is 0. The van der Waals surface area contributed by atoms with E-state index in [0.717, 1.165) is 30.6 Å². The van der Waals surface area contributed by atoms with Crippen molar-refractivity contribution in [3.05, 3.63) is 0 Å². The van der Waals surface area contributed by atoms with Gasteiger partial charge in [0.15, 0.2) is 0 Å². The van der Waals surface area contributed by atoms with Crippen LogP contribution in [0.15, 0.2) is 0 Å². The van der Waals surface area contributed by atoms with Gasteiger partial charge in [-0.05, 0) is 67.6 Å². The lowest BCUT2D eigenvalue weighted by molar-refractivity contribution is -0.130. The second-order valence-electron chi connectivity index (χ2n) is 8.53. The normalized spacial score (nSPS) is 42.9. The van der Waals surface area contributed by atoms with Crippen molar-refractivity contribution in [2.45, 2.75) is 72.1 Å². The molecule has 3 aliphatic rings. The van der Waals surface area contributed by atoms with Gasteiger partial charge in [0.25, 0.3) is 0 Å². The number of Topliss-reactive ketones (excluding diaryl/α,β-unsaturated/α-hetero) is 1. The van der Waals surface area contributed by atoms with Gasteiger partial charge < -0.3 is 0 Å². The fourth-order valence-electron chi connectivity index (χ4n) is 5.47. The van der Waals surface area contributed by atoms with E-state index in [4.69, 9.17) is 0 Å². The molecule has 0 spiro atoms. The Morgan fingerprint density at radius 2 is 1.89 bits per heavy atom. The van der Waals surface area contributed by atoms with E-state index in [9.17, 15) is 4.79 Å². The predicted octanol–water partition coefficient (Wildman–Crippen LogP) is 4.84. The van der Waals surface area contributed by atoms with E-state index in [2.05, 4.69) is 20.8 Å². The van der Waals surface area contributed by atoms with Crippen LogP contribution in [0.25, 0.3) is 0 Å². The van der Waals surface area contributed by atoms with Crippen LogP contribution in [0.5, 0.6) is 0 Å². The Morgan fingerprint density at radius 1 is 1.11 bits per heavy atom. The molecule has 0 aromatic heterocycles. The largest absolute Gasteiger partial charge is 0.299 e.